The van der Waals surface area contributed by atoms with Gasteiger partial charge in [-0.25, -0.2) is 4.39 Å². The average Bonchev–Trinajstić information content (AvgIpc) is 2.50. The third kappa shape index (κ3) is 3.95. The van der Waals surface area contributed by atoms with Crippen LogP contribution in [0, 0.1) is 5.82 Å². The molecule has 0 bridgehead atoms. The minimum Gasteiger partial charge on any atom is -0.497 e. The largest absolute Gasteiger partial charge is 0.497 e. The van der Waals surface area contributed by atoms with Gasteiger partial charge in [-0.15, -0.1) is 0 Å². The van der Waals surface area contributed by atoms with Gasteiger partial charge in [0, 0.05) is 12.2 Å². The third-order valence-electron chi connectivity index (χ3n) is 3.09. The molecule has 0 fully saturated rings. The maximum absolute atomic E-state index is 13.5. The van der Waals surface area contributed by atoms with Crippen LogP contribution >= 0.6 is 0 Å². The van der Waals surface area contributed by atoms with Crippen LogP contribution in [0.2, 0.25) is 0 Å². The van der Waals surface area contributed by atoms with Gasteiger partial charge in [-0.05, 0) is 42.3 Å². The predicted molar refractivity (Wildman–Crippen MR) is 79.8 cm³/mol. The van der Waals surface area contributed by atoms with Crippen molar-refractivity contribution in [3.8, 4) is 5.75 Å². The molecule has 0 aliphatic rings. The van der Waals surface area contributed by atoms with Crippen LogP contribution in [-0.4, -0.2) is 19.6 Å². The minimum absolute atomic E-state index is 0.0373. The van der Waals surface area contributed by atoms with Gasteiger partial charge in [0.1, 0.15) is 11.6 Å². The molecule has 0 heterocycles. The van der Waals surface area contributed by atoms with Crippen LogP contribution in [0.5, 0.6) is 5.75 Å². The second-order valence-electron chi connectivity index (χ2n) is 4.59. The summed E-state index contributed by atoms with van der Waals surface area (Å²) in [6.07, 6.45) is 0.652. The first kappa shape index (κ1) is 14.8. The van der Waals surface area contributed by atoms with E-state index in [2.05, 4.69) is 5.32 Å². The number of ether oxygens (including phenoxy) is 1. The van der Waals surface area contributed by atoms with Crippen LogP contribution in [0.15, 0.2) is 42.5 Å². The summed E-state index contributed by atoms with van der Waals surface area (Å²) >= 11 is 0. The number of rotatable bonds is 5. The van der Waals surface area contributed by atoms with Crippen molar-refractivity contribution >= 4 is 11.6 Å². The molecule has 0 aromatic heterocycles. The second-order valence-corrected chi connectivity index (χ2v) is 4.59. The smallest absolute Gasteiger partial charge is 0.254 e. The van der Waals surface area contributed by atoms with Crippen LogP contribution in [0.1, 0.15) is 15.9 Å². The lowest BCUT2D eigenvalue weighted by molar-refractivity contribution is 0.0950. The van der Waals surface area contributed by atoms with E-state index in [-0.39, 0.29) is 5.56 Å². The molecule has 4 nitrogen and oxygen atoms in total. The Labute approximate surface area is 122 Å². The molecule has 5 heteroatoms. The Balaban J connectivity index is 1.90. The van der Waals surface area contributed by atoms with Gasteiger partial charge in [0.05, 0.1) is 12.7 Å². The van der Waals surface area contributed by atoms with E-state index in [1.807, 2.05) is 24.3 Å². The first-order valence-corrected chi connectivity index (χ1v) is 6.56. The van der Waals surface area contributed by atoms with Crippen LogP contribution in [0.3, 0.4) is 0 Å². The molecule has 0 aliphatic heterocycles. The van der Waals surface area contributed by atoms with Crippen molar-refractivity contribution in [3.63, 3.8) is 0 Å². The molecule has 2 aromatic rings. The molecule has 0 atom stereocenters. The van der Waals surface area contributed by atoms with Gasteiger partial charge >= 0.3 is 0 Å². The van der Waals surface area contributed by atoms with Gasteiger partial charge in [-0.2, -0.15) is 0 Å². The molecule has 2 rings (SSSR count). The van der Waals surface area contributed by atoms with E-state index < -0.39 is 11.7 Å². The van der Waals surface area contributed by atoms with E-state index in [0.717, 1.165) is 11.3 Å². The van der Waals surface area contributed by atoms with Gasteiger partial charge in [-0.3, -0.25) is 4.79 Å². The summed E-state index contributed by atoms with van der Waals surface area (Å²) in [5.41, 5.74) is 6.93. The second kappa shape index (κ2) is 6.74. The molecular weight excluding hydrogens is 271 g/mol. The Morgan fingerprint density at radius 1 is 1.24 bits per heavy atom. The average molecular weight is 288 g/mol. The van der Waals surface area contributed by atoms with E-state index in [9.17, 15) is 9.18 Å². The van der Waals surface area contributed by atoms with Crippen molar-refractivity contribution in [3.05, 3.63) is 59.4 Å². The Morgan fingerprint density at radius 3 is 2.62 bits per heavy atom. The molecular formula is C16H17FN2O2. The lowest BCUT2D eigenvalue weighted by Crippen LogP contribution is -2.26. The monoisotopic (exact) mass is 288 g/mol. The summed E-state index contributed by atoms with van der Waals surface area (Å²) in [7, 11) is 1.61. The number of nitrogens with two attached hydrogens (primary N) is 1. The Kier molecular flexibility index (Phi) is 4.77. The Hall–Kier alpha value is -2.56. The molecule has 0 spiro atoms. The molecule has 0 saturated carbocycles. The summed E-state index contributed by atoms with van der Waals surface area (Å²) < 4.78 is 18.6. The van der Waals surface area contributed by atoms with Gasteiger partial charge in [0.15, 0.2) is 0 Å². The topological polar surface area (TPSA) is 64.3 Å². The number of benzene rings is 2. The Bertz CT molecular complexity index is 627. The summed E-state index contributed by atoms with van der Waals surface area (Å²) in [4.78, 5) is 11.9. The molecule has 0 unspecified atom stereocenters. The molecule has 0 saturated heterocycles. The summed E-state index contributed by atoms with van der Waals surface area (Å²) in [6.45, 7) is 0.416. The highest BCUT2D eigenvalue weighted by Gasteiger charge is 2.11. The highest BCUT2D eigenvalue weighted by Crippen LogP contribution is 2.13. The fourth-order valence-electron chi connectivity index (χ4n) is 1.92. The molecule has 110 valence electrons. The van der Waals surface area contributed by atoms with Crippen molar-refractivity contribution in [2.45, 2.75) is 6.42 Å². The third-order valence-corrected chi connectivity index (χ3v) is 3.09. The lowest BCUT2D eigenvalue weighted by atomic mass is 10.1. The quantitative estimate of drug-likeness (QED) is 0.830. The predicted octanol–water partition coefficient (Wildman–Crippen LogP) is 2.39. The number of carbonyl (C=O) groups excluding carboxylic acids is 1. The summed E-state index contributed by atoms with van der Waals surface area (Å²) in [5.74, 6) is -0.260. The number of methoxy groups -OCH3 is 1. The van der Waals surface area contributed by atoms with E-state index in [0.29, 0.717) is 18.7 Å². The standard InChI is InChI=1S/C16H17FN2O2/c1-21-13-5-2-11(3-6-13)8-9-19-16(20)14-10-12(18)4-7-15(14)17/h2-7,10H,8-9,18H2,1H3,(H,19,20). The van der Waals surface area contributed by atoms with Crippen LogP contribution in [0.4, 0.5) is 10.1 Å². The van der Waals surface area contributed by atoms with Crippen LogP contribution < -0.4 is 15.8 Å². The van der Waals surface area contributed by atoms with Crippen molar-refractivity contribution in [2.24, 2.45) is 0 Å². The van der Waals surface area contributed by atoms with Crippen LogP contribution in [0.25, 0.3) is 0 Å². The number of halogens is 1. The molecule has 0 radical (unpaired) electrons. The number of amides is 1. The van der Waals surface area contributed by atoms with Crippen molar-refractivity contribution in [2.75, 3.05) is 19.4 Å². The van der Waals surface area contributed by atoms with Gasteiger partial charge < -0.3 is 15.8 Å². The van der Waals surface area contributed by atoms with Gasteiger partial charge in [-0.1, -0.05) is 12.1 Å². The molecule has 1 amide bonds. The molecule has 3 N–H and O–H groups in total. The Morgan fingerprint density at radius 2 is 1.95 bits per heavy atom. The molecule has 2 aromatic carbocycles. The van der Waals surface area contributed by atoms with E-state index >= 15 is 0 Å². The SMILES string of the molecule is COc1ccc(CCNC(=O)c2cc(N)ccc2F)cc1. The highest BCUT2D eigenvalue weighted by molar-refractivity contribution is 5.95. The first-order chi connectivity index (χ1) is 10.1. The van der Waals surface area contributed by atoms with Gasteiger partial charge in [0.2, 0.25) is 0 Å². The van der Waals surface area contributed by atoms with Crippen molar-refractivity contribution in [1.29, 1.82) is 0 Å². The summed E-state index contributed by atoms with van der Waals surface area (Å²) in [6, 6.07) is 11.5. The van der Waals surface area contributed by atoms with Crippen molar-refractivity contribution in [1.82, 2.24) is 5.32 Å². The summed E-state index contributed by atoms with van der Waals surface area (Å²) in [5, 5.41) is 2.68. The number of nitrogens with one attached hydrogen (secondary N) is 1. The number of carbonyl (C=O) groups is 1. The van der Waals surface area contributed by atoms with E-state index in [1.165, 1.54) is 18.2 Å². The number of anilines is 1. The normalized spacial score (nSPS) is 10.2. The van der Waals surface area contributed by atoms with E-state index in [4.69, 9.17) is 10.5 Å². The zero-order chi connectivity index (χ0) is 15.2. The first-order valence-electron chi connectivity index (χ1n) is 6.56. The number of hydrogen-bond donors (Lipinski definition) is 2. The van der Waals surface area contributed by atoms with Crippen molar-refractivity contribution < 1.29 is 13.9 Å². The number of hydrogen-bond acceptors (Lipinski definition) is 3. The fraction of sp³-hybridized carbons (Fsp3) is 0.188. The zero-order valence-corrected chi connectivity index (χ0v) is 11.7. The number of nitrogen functional groups attached to an aromatic ring is 1. The lowest BCUT2D eigenvalue weighted by Gasteiger charge is -2.07. The van der Waals surface area contributed by atoms with Crippen LogP contribution in [-0.2, 0) is 6.42 Å². The maximum atomic E-state index is 13.5. The maximum Gasteiger partial charge on any atom is 0.254 e. The molecule has 21 heavy (non-hydrogen) atoms. The fourth-order valence-corrected chi connectivity index (χ4v) is 1.92. The highest BCUT2D eigenvalue weighted by atomic mass is 19.1. The molecule has 0 aliphatic carbocycles. The zero-order valence-electron chi connectivity index (χ0n) is 11.7. The minimum atomic E-state index is -0.578. The van der Waals surface area contributed by atoms with Gasteiger partial charge in [0.25, 0.3) is 5.91 Å². The van der Waals surface area contributed by atoms with E-state index in [1.54, 1.807) is 7.11 Å².